The van der Waals surface area contributed by atoms with Crippen molar-refractivity contribution >= 4 is 48.1 Å². The van der Waals surface area contributed by atoms with Crippen molar-refractivity contribution < 1.29 is 26.0 Å². The molecule has 198 valence electrons. The quantitative estimate of drug-likeness (QED) is 0.258. The van der Waals surface area contributed by atoms with Crippen LogP contribution in [0.25, 0.3) is 10.1 Å². The molecule has 0 amide bonds. The molecule has 0 atom stereocenters. The van der Waals surface area contributed by atoms with E-state index in [0.29, 0.717) is 22.7 Å². The zero-order valence-corrected chi connectivity index (χ0v) is 21.9. The number of alkyl halides is 3. The van der Waals surface area contributed by atoms with Gasteiger partial charge in [0.1, 0.15) is 10.8 Å². The SMILES string of the molecule is CNc1nn(NC)c(NC)c1S(=O)(=O)N(Cc1ccc(F)c(C(F)(F)F)c1)c1sc2ccccc2c1C. The van der Waals surface area contributed by atoms with E-state index in [0.717, 1.165) is 20.5 Å². The number of aryl methyl sites for hydroxylation is 1. The van der Waals surface area contributed by atoms with Crippen LogP contribution in [0, 0.1) is 12.7 Å². The molecule has 4 rings (SSSR count). The number of sulfonamides is 1. The van der Waals surface area contributed by atoms with E-state index in [9.17, 15) is 26.0 Å². The Morgan fingerprint density at radius 1 is 1.08 bits per heavy atom. The molecule has 0 unspecified atom stereocenters. The van der Waals surface area contributed by atoms with Crippen LogP contribution in [0.4, 0.5) is 34.2 Å². The number of hydrogen-bond donors (Lipinski definition) is 3. The molecule has 3 N–H and O–H groups in total. The lowest BCUT2D eigenvalue weighted by Crippen LogP contribution is -2.31. The number of fused-ring (bicyclic) bond motifs is 1. The summed E-state index contributed by atoms with van der Waals surface area (Å²) in [5.41, 5.74) is 1.90. The molecule has 0 aliphatic rings. The molecule has 0 radical (unpaired) electrons. The molecule has 8 nitrogen and oxygen atoms in total. The predicted octanol–water partition coefficient (Wildman–Crippen LogP) is 5.22. The lowest BCUT2D eigenvalue weighted by atomic mass is 10.1. The second-order valence-corrected chi connectivity index (χ2v) is 10.8. The summed E-state index contributed by atoms with van der Waals surface area (Å²) in [4.78, 5) is 1.02. The molecule has 2 aromatic heterocycles. The number of hydrogen-bond acceptors (Lipinski definition) is 7. The molecule has 2 aromatic carbocycles. The van der Waals surface area contributed by atoms with Gasteiger partial charge >= 0.3 is 6.18 Å². The first kappa shape index (κ1) is 26.5. The number of anilines is 3. The van der Waals surface area contributed by atoms with E-state index in [4.69, 9.17) is 0 Å². The molecule has 0 bridgehead atoms. The summed E-state index contributed by atoms with van der Waals surface area (Å²) in [7, 11) is 0.142. The molecule has 0 spiro atoms. The smallest absolute Gasteiger partial charge is 0.370 e. The van der Waals surface area contributed by atoms with Crippen LogP contribution in [-0.2, 0) is 22.7 Å². The first-order valence-electron chi connectivity index (χ1n) is 11.0. The van der Waals surface area contributed by atoms with E-state index < -0.39 is 34.1 Å². The minimum Gasteiger partial charge on any atom is -0.370 e. The average Bonchev–Trinajstić information content (AvgIpc) is 3.40. The van der Waals surface area contributed by atoms with Gasteiger partial charge in [-0.3, -0.25) is 4.31 Å². The molecule has 0 fully saturated rings. The van der Waals surface area contributed by atoms with Gasteiger partial charge < -0.3 is 16.1 Å². The van der Waals surface area contributed by atoms with Gasteiger partial charge in [0.25, 0.3) is 10.0 Å². The molecule has 0 aliphatic carbocycles. The zero-order valence-electron chi connectivity index (χ0n) is 20.2. The van der Waals surface area contributed by atoms with Gasteiger partial charge in [-0.05, 0) is 41.6 Å². The Bertz CT molecular complexity index is 1560. The first-order chi connectivity index (χ1) is 17.4. The molecule has 37 heavy (non-hydrogen) atoms. The van der Waals surface area contributed by atoms with Gasteiger partial charge in [0.05, 0.1) is 12.1 Å². The fourth-order valence-electron chi connectivity index (χ4n) is 4.02. The molecular formula is C23H24F4N6O2S2. The van der Waals surface area contributed by atoms with Crippen molar-refractivity contribution in [1.29, 1.82) is 0 Å². The van der Waals surface area contributed by atoms with E-state index in [2.05, 4.69) is 21.2 Å². The minimum atomic E-state index is -4.94. The first-order valence-corrected chi connectivity index (χ1v) is 13.2. The molecule has 14 heteroatoms. The summed E-state index contributed by atoms with van der Waals surface area (Å²) in [5.74, 6) is -1.29. The lowest BCUT2D eigenvalue weighted by molar-refractivity contribution is -0.140. The second kappa shape index (κ2) is 9.74. The number of nitrogens with zero attached hydrogens (tertiary/aromatic N) is 3. The Hall–Kier alpha value is -3.52. The predicted molar refractivity (Wildman–Crippen MR) is 138 cm³/mol. The Balaban J connectivity index is 1.97. The number of rotatable bonds is 8. The monoisotopic (exact) mass is 556 g/mol. The largest absolute Gasteiger partial charge is 0.419 e. The third kappa shape index (κ3) is 4.66. The van der Waals surface area contributed by atoms with Gasteiger partial charge in [-0.1, -0.05) is 24.3 Å². The van der Waals surface area contributed by atoms with Gasteiger partial charge in [0, 0.05) is 25.8 Å². The van der Waals surface area contributed by atoms with Crippen molar-refractivity contribution in [2.45, 2.75) is 24.5 Å². The van der Waals surface area contributed by atoms with Crippen molar-refractivity contribution in [3.63, 3.8) is 0 Å². The number of aromatic nitrogens is 2. The molecular weight excluding hydrogens is 532 g/mol. The fourth-order valence-corrected chi connectivity index (χ4v) is 7.26. The maximum absolute atomic E-state index is 14.3. The number of halogens is 4. The van der Waals surface area contributed by atoms with E-state index in [-0.39, 0.29) is 22.1 Å². The summed E-state index contributed by atoms with van der Waals surface area (Å²) in [5, 5.41) is 10.9. The van der Waals surface area contributed by atoms with Crippen LogP contribution in [0.2, 0.25) is 0 Å². The van der Waals surface area contributed by atoms with Crippen LogP contribution in [0.15, 0.2) is 47.4 Å². The average molecular weight is 557 g/mol. The lowest BCUT2D eigenvalue weighted by Gasteiger charge is -2.25. The van der Waals surface area contributed by atoms with E-state index in [1.165, 1.54) is 30.2 Å². The van der Waals surface area contributed by atoms with Gasteiger partial charge in [-0.2, -0.15) is 18.0 Å². The van der Waals surface area contributed by atoms with Crippen LogP contribution in [0.1, 0.15) is 16.7 Å². The van der Waals surface area contributed by atoms with Crippen molar-refractivity contribution in [1.82, 2.24) is 9.89 Å². The van der Waals surface area contributed by atoms with Gasteiger partial charge in [0.2, 0.25) is 0 Å². The van der Waals surface area contributed by atoms with E-state index >= 15 is 0 Å². The van der Waals surface area contributed by atoms with E-state index in [1.807, 2.05) is 24.3 Å². The highest BCUT2D eigenvalue weighted by Gasteiger charge is 2.38. The minimum absolute atomic E-state index is 0.0255. The van der Waals surface area contributed by atoms with Crippen LogP contribution in [0.5, 0.6) is 0 Å². The standard InChI is InChI=1S/C23H24F4N6O2S2/c1-13-15-7-5-6-8-18(15)36-22(13)32(12-14-9-10-17(24)16(11-14)23(25,26)27)37(34,35)19-20(28-2)31-33(30-4)21(19)29-3/h5-11,29-30H,12H2,1-4H3,(H,28,31). The van der Waals surface area contributed by atoms with Crippen molar-refractivity contribution in [2.75, 3.05) is 41.5 Å². The molecule has 2 heterocycles. The fraction of sp³-hybridized carbons (Fsp3) is 0.261. The van der Waals surface area contributed by atoms with Crippen molar-refractivity contribution in [2.24, 2.45) is 0 Å². The Morgan fingerprint density at radius 2 is 1.78 bits per heavy atom. The van der Waals surface area contributed by atoms with Crippen LogP contribution in [0.3, 0.4) is 0 Å². The van der Waals surface area contributed by atoms with E-state index in [1.54, 1.807) is 14.0 Å². The maximum Gasteiger partial charge on any atom is 0.419 e. The number of thiophene rings is 1. The zero-order chi connectivity index (χ0) is 27.1. The second-order valence-electron chi connectivity index (χ2n) is 8.01. The molecule has 0 saturated heterocycles. The highest BCUT2D eigenvalue weighted by molar-refractivity contribution is 7.93. The van der Waals surface area contributed by atoms with Crippen LogP contribution in [-0.4, -0.2) is 39.5 Å². The maximum atomic E-state index is 14.3. The van der Waals surface area contributed by atoms with Crippen LogP contribution >= 0.6 is 11.3 Å². The third-order valence-electron chi connectivity index (χ3n) is 5.78. The topological polar surface area (TPSA) is 91.3 Å². The van der Waals surface area contributed by atoms with Gasteiger partial charge in [0.15, 0.2) is 16.5 Å². The van der Waals surface area contributed by atoms with Gasteiger partial charge in [-0.15, -0.1) is 16.4 Å². The summed E-state index contributed by atoms with van der Waals surface area (Å²) in [6.07, 6.45) is -4.94. The summed E-state index contributed by atoms with van der Waals surface area (Å²) in [6, 6.07) is 9.77. The van der Waals surface area contributed by atoms with Crippen molar-refractivity contribution in [3.8, 4) is 0 Å². The molecule has 4 aromatic rings. The van der Waals surface area contributed by atoms with Crippen molar-refractivity contribution in [3.05, 3.63) is 65.0 Å². The summed E-state index contributed by atoms with van der Waals surface area (Å²) < 4.78 is 84.7. The Morgan fingerprint density at radius 3 is 2.38 bits per heavy atom. The Kier molecular flexibility index (Phi) is 6.99. The third-order valence-corrected chi connectivity index (χ3v) is 8.99. The number of benzene rings is 2. The summed E-state index contributed by atoms with van der Waals surface area (Å²) in [6.45, 7) is 1.27. The number of nitrogens with one attached hydrogen (secondary N) is 3. The van der Waals surface area contributed by atoms with Crippen LogP contribution < -0.4 is 20.4 Å². The highest BCUT2D eigenvalue weighted by atomic mass is 32.2. The highest BCUT2D eigenvalue weighted by Crippen LogP contribution is 2.43. The molecule has 0 aliphatic heterocycles. The molecule has 0 saturated carbocycles. The van der Waals surface area contributed by atoms with Gasteiger partial charge in [-0.25, -0.2) is 12.8 Å². The normalized spacial score (nSPS) is 12.1. The summed E-state index contributed by atoms with van der Waals surface area (Å²) >= 11 is 1.19. The Labute approximate surface area is 214 Å².